The van der Waals surface area contributed by atoms with Crippen LogP contribution >= 0.6 is 0 Å². The molecule has 0 spiro atoms. The van der Waals surface area contributed by atoms with Crippen LogP contribution in [0.3, 0.4) is 0 Å². The molecule has 0 unspecified atom stereocenters. The first kappa shape index (κ1) is 22.6. The van der Waals surface area contributed by atoms with E-state index in [4.69, 9.17) is 0 Å². The lowest BCUT2D eigenvalue weighted by atomic mass is 9.81. The summed E-state index contributed by atoms with van der Waals surface area (Å²) in [6, 6.07) is 50.6. The van der Waals surface area contributed by atoms with Gasteiger partial charge in [-0.3, -0.25) is 0 Å². The van der Waals surface area contributed by atoms with E-state index in [1.165, 1.54) is 55.5 Å². The van der Waals surface area contributed by atoms with Crippen LogP contribution in [0, 0.1) is 0 Å². The van der Waals surface area contributed by atoms with Gasteiger partial charge in [-0.15, -0.1) is 0 Å². The Hall–Kier alpha value is -4.62. The SMILES string of the molecule is CC1(C)c2ccccc2-c2cccc(N(c3ccccc3)c3cc4ccccc4cc3-c3ccccc3)c21. The zero-order valence-electron chi connectivity index (χ0n) is 21.7. The molecule has 38 heavy (non-hydrogen) atoms. The summed E-state index contributed by atoms with van der Waals surface area (Å²) in [4.78, 5) is 2.47. The topological polar surface area (TPSA) is 3.24 Å². The van der Waals surface area contributed by atoms with E-state index >= 15 is 0 Å². The van der Waals surface area contributed by atoms with Crippen molar-refractivity contribution < 1.29 is 0 Å². The van der Waals surface area contributed by atoms with Crippen molar-refractivity contribution in [2.45, 2.75) is 19.3 Å². The molecular weight excluding hydrogens is 458 g/mol. The van der Waals surface area contributed by atoms with Crippen molar-refractivity contribution in [1.29, 1.82) is 0 Å². The third kappa shape index (κ3) is 3.47. The van der Waals surface area contributed by atoms with Crippen LogP contribution in [0.5, 0.6) is 0 Å². The van der Waals surface area contributed by atoms with Gasteiger partial charge in [0.05, 0.1) is 11.4 Å². The number of para-hydroxylation sites is 1. The number of fused-ring (bicyclic) bond motifs is 4. The van der Waals surface area contributed by atoms with Crippen LogP contribution in [-0.2, 0) is 5.41 Å². The summed E-state index contributed by atoms with van der Waals surface area (Å²) < 4.78 is 0. The van der Waals surface area contributed by atoms with Gasteiger partial charge in [0.25, 0.3) is 0 Å². The second-order valence-corrected chi connectivity index (χ2v) is 10.6. The molecule has 0 N–H and O–H groups in total. The van der Waals surface area contributed by atoms with E-state index in [-0.39, 0.29) is 5.41 Å². The Labute approximate surface area is 224 Å². The summed E-state index contributed by atoms with van der Waals surface area (Å²) in [5, 5.41) is 2.48. The standard InChI is InChI=1S/C37H29N/c1-37(2)33-22-12-11-20-30(33)31-21-13-23-34(36(31)37)38(29-18-7-4-8-19-29)35-25-28-17-10-9-16-27(28)24-32(35)26-14-5-3-6-15-26/h3-25H,1-2H3. The van der Waals surface area contributed by atoms with Crippen molar-refractivity contribution in [3.8, 4) is 22.3 Å². The lowest BCUT2D eigenvalue weighted by Gasteiger charge is -2.33. The van der Waals surface area contributed by atoms with Crippen LogP contribution in [0.4, 0.5) is 17.1 Å². The van der Waals surface area contributed by atoms with E-state index in [1.54, 1.807) is 0 Å². The van der Waals surface area contributed by atoms with Gasteiger partial charge in [-0.25, -0.2) is 0 Å². The van der Waals surface area contributed by atoms with Gasteiger partial charge >= 0.3 is 0 Å². The molecular formula is C37H29N. The molecule has 1 nitrogen and oxygen atoms in total. The number of hydrogen-bond acceptors (Lipinski definition) is 1. The number of benzene rings is 6. The molecule has 0 bridgehead atoms. The summed E-state index contributed by atoms with van der Waals surface area (Å²) >= 11 is 0. The number of rotatable bonds is 4. The van der Waals surface area contributed by atoms with Crippen molar-refractivity contribution in [2.75, 3.05) is 4.90 Å². The first-order chi connectivity index (χ1) is 18.6. The second kappa shape index (κ2) is 8.75. The molecule has 0 aliphatic heterocycles. The van der Waals surface area contributed by atoms with E-state index in [0.717, 1.165) is 5.69 Å². The van der Waals surface area contributed by atoms with Gasteiger partial charge < -0.3 is 4.90 Å². The third-order valence-electron chi connectivity index (χ3n) is 8.00. The Balaban J connectivity index is 1.57. The van der Waals surface area contributed by atoms with E-state index in [1.807, 2.05) is 0 Å². The van der Waals surface area contributed by atoms with Gasteiger partial charge in [-0.05, 0) is 68.9 Å². The largest absolute Gasteiger partial charge is 0.310 e. The van der Waals surface area contributed by atoms with E-state index < -0.39 is 0 Å². The van der Waals surface area contributed by atoms with Crippen molar-refractivity contribution in [3.63, 3.8) is 0 Å². The Morgan fingerprint density at radius 1 is 0.474 bits per heavy atom. The fourth-order valence-corrected chi connectivity index (χ4v) is 6.25. The van der Waals surface area contributed by atoms with Crippen LogP contribution in [0.25, 0.3) is 33.0 Å². The summed E-state index contributed by atoms with van der Waals surface area (Å²) in [6.45, 7) is 4.73. The fourth-order valence-electron chi connectivity index (χ4n) is 6.25. The smallest absolute Gasteiger partial charge is 0.0546 e. The normalized spacial score (nSPS) is 13.2. The molecule has 0 aromatic heterocycles. The zero-order valence-corrected chi connectivity index (χ0v) is 21.7. The summed E-state index contributed by atoms with van der Waals surface area (Å²) in [7, 11) is 0. The number of nitrogens with zero attached hydrogens (tertiary/aromatic N) is 1. The summed E-state index contributed by atoms with van der Waals surface area (Å²) in [5.74, 6) is 0. The molecule has 182 valence electrons. The first-order valence-corrected chi connectivity index (χ1v) is 13.3. The second-order valence-electron chi connectivity index (χ2n) is 10.6. The number of hydrogen-bond donors (Lipinski definition) is 0. The van der Waals surface area contributed by atoms with Gasteiger partial charge in [-0.1, -0.05) is 123 Å². The zero-order chi connectivity index (χ0) is 25.7. The lowest BCUT2D eigenvalue weighted by molar-refractivity contribution is 0.661. The van der Waals surface area contributed by atoms with Crippen LogP contribution in [-0.4, -0.2) is 0 Å². The monoisotopic (exact) mass is 487 g/mol. The minimum Gasteiger partial charge on any atom is -0.310 e. The van der Waals surface area contributed by atoms with E-state index in [0.29, 0.717) is 0 Å². The molecule has 7 rings (SSSR count). The fraction of sp³-hybridized carbons (Fsp3) is 0.0811. The predicted octanol–water partition coefficient (Wildman–Crippen LogP) is 10.3. The molecule has 0 saturated heterocycles. The predicted molar refractivity (Wildman–Crippen MR) is 162 cm³/mol. The lowest BCUT2D eigenvalue weighted by Crippen LogP contribution is -2.21. The van der Waals surface area contributed by atoms with Crippen LogP contribution in [0.1, 0.15) is 25.0 Å². The van der Waals surface area contributed by atoms with Crippen molar-refractivity contribution in [1.82, 2.24) is 0 Å². The van der Waals surface area contributed by atoms with Gasteiger partial charge in [0.1, 0.15) is 0 Å². The van der Waals surface area contributed by atoms with Crippen molar-refractivity contribution in [3.05, 3.63) is 151 Å². The van der Waals surface area contributed by atoms with Crippen molar-refractivity contribution in [2.24, 2.45) is 0 Å². The molecule has 1 heteroatoms. The highest BCUT2D eigenvalue weighted by molar-refractivity contribution is 6.00. The van der Waals surface area contributed by atoms with E-state index in [9.17, 15) is 0 Å². The Morgan fingerprint density at radius 2 is 1.08 bits per heavy atom. The minimum atomic E-state index is -0.126. The molecule has 0 radical (unpaired) electrons. The summed E-state index contributed by atoms with van der Waals surface area (Å²) in [5.41, 5.74) is 11.3. The molecule has 0 fully saturated rings. The highest BCUT2D eigenvalue weighted by atomic mass is 15.1. The maximum Gasteiger partial charge on any atom is 0.0546 e. The van der Waals surface area contributed by atoms with Gasteiger partial charge in [-0.2, -0.15) is 0 Å². The first-order valence-electron chi connectivity index (χ1n) is 13.3. The molecule has 6 aromatic carbocycles. The maximum absolute atomic E-state index is 2.47. The van der Waals surface area contributed by atoms with Crippen LogP contribution in [0.2, 0.25) is 0 Å². The Bertz CT molecular complexity index is 1780. The molecule has 0 saturated carbocycles. The average Bonchev–Trinajstić information content (AvgIpc) is 3.21. The van der Waals surface area contributed by atoms with Gasteiger partial charge in [0, 0.05) is 16.7 Å². The molecule has 1 aliphatic rings. The Kier molecular flexibility index (Phi) is 5.19. The highest BCUT2D eigenvalue weighted by Gasteiger charge is 2.38. The highest BCUT2D eigenvalue weighted by Crippen LogP contribution is 2.55. The van der Waals surface area contributed by atoms with Crippen LogP contribution in [0.15, 0.2) is 140 Å². The number of anilines is 3. The van der Waals surface area contributed by atoms with Gasteiger partial charge in [0.15, 0.2) is 0 Å². The molecule has 0 amide bonds. The minimum absolute atomic E-state index is 0.126. The molecule has 6 aromatic rings. The summed E-state index contributed by atoms with van der Waals surface area (Å²) in [6.07, 6.45) is 0. The molecule has 0 heterocycles. The molecule has 0 atom stereocenters. The maximum atomic E-state index is 2.47. The van der Waals surface area contributed by atoms with Gasteiger partial charge in [0.2, 0.25) is 0 Å². The van der Waals surface area contributed by atoms with Crippen LogP contribution < -0.4 is 4.90 Å². The van der Waals surface area contributed by atoms with E-state index in [2.05, 4.69) is 158 Å². The molecule has 1 aliphatic carbocycles. The quantitative estimate of drug-likeness (QED) is 0.239. The third-order valence-corrected chi connectivity index (χ3v) is 8.00. The van der Waals surface area contributed by atoms with Crippen molar-refractivity contribution >= 4 is 27.8 Å². The average molecular weight is 488 g/mol. The Morgan fingerprint density at radius 3 is 1.84 bits per heavy atom.